The lowest BCUT2D eigenvalue weighted by Gasteiger charge is -2.23. The van der Waals surface area contributed by atoms with Gasteiger partial charge in [0.15, 0.2) is 0 Å². The Hall–Kier alpha value is -1.85. The van der Waals surface area contributed by atoms with Crippen LogP contribution in [0.1, 0.15) is 44.6 Å². The lowest BCUT2D eigenvalue weighted by molar-refractivity contribution is 0.519. The molecule has 0 heterocycles. The molecule has 2 aromatic rings. The van der Waals surface area contributed by atoms with Crippen LogP contribution in [0, 0.1) is 0 Å². The minimum atomic E-state index is -3.24. The van der Waals surface area contributed by atoms with Crippen molar-refractivity contribution < 1.29 is 8.42 Å². The number of anilines is 1. The molecule has 4 nitrogen and oxygen atoms in total. The zero-order valence-corrected chi connectivity index (χ0v) is 15.6. The quantitative estimate of drug-likeness (QED) is 0.796. The van der Waals surface area contributed by atoms with Crippen molar-refractivity contribution in [3.8, 4) is 11.1 Å². The van der Waals surface area contributed by atoms with Crippen molar-refractivity contribution in [2.45, 2.75) is 50.3 Å². The van der Waals surface area contributed by atoms with E-state index in [1.807, 2.05) is 24.3 Å². The molecule has 2 atom stereocenters. The molecular formula is C20H26N2O2S. The summed E-state index contributed by atoms with van der Waals surface area (Å²) >= 11 is 0. The second kappa shape index (κ2) is 7.18. The fourth-order valence-electron chi connectivity index (χ4n) is 3.45. The van der Waals surface area contributed by atoms with Crippen LogP contribution in [0.5, 0.6) is 0 Å². The smallest absolute Gasteiger partial charge is 0.214 e. The molecule has 0 aliphatic heterocycles. The van der Waals surface area contributed by atoms with Gasteiger partial charge in [0, 0.05) is 17.6 Å². The van der Waals surface area contributed by atoms with Crippen LogP contribution in [0.3, 0.4) is 0 Å². The molecule has 5 heteroatoms. The predicted molar refractivity (Wildman–Crippen MR) is 104 cm³/mol. The first kappa shape index (κ1) is 18.0. The number of nitrogen functional groups attached to an aromatic ring is 1. The van der Waals surface area contributed by atoms with Gasteiger partial charge in [-0.05, 0) is 55.5 Å². The van der Waals surface area contributed by atoms with Gasteiger partial charge in [0.1, 0.15) is 0 Å². The molecular weight excluding hydrogens is 332 g/mol. The van der Waals surface area contributed by atoms with E-state index in [9.17, 15) is 8.42 Å². The van der Waals surface area contributed by atoms with E-state index in [4.69, 9.17) is 5.73 Å². The van der Waals surface area contributed by atoms with Gasteiger partial charge in [-0.25, -0.2) is 13.1 Å². The van der Waals surface area contributed by atoms with E-state index in [0.29, 0.717) is 0 Å². The van der Waals surface area contributed by atoms with Crippen LogP contribution in [0.15, 0.2) is 48.5 Å². The fourth-order valence-corrected chi connectivity index (χ4v) is 4.42. The number of nitrogens with two attached hydrogens (primary N) is 1. The van der Waals surface area contributed by atoms with Gasteiger partial charge in [-0.2, -0.15) is 0 Å². The van der Waals surface area contributed by atoms with Crippen molar-refractivity contribution in [3.63, 3.8) is 0 Å². The summed E-state index contributed by atoms with van der Waals surface area (Å²) in [5, 5.41) is -0.401. The third-order valence-corrected chi connectivity index (χ3v) is 6.91. The highest BCUT2D eigenvalue weighted by Gasteiger charge is 2.32. The Morgan fingerprint density at radius 3 is 2.08 bits per heavy atom. The van der Waals surface area contributed by atoms with Crippen molar-refractivity contribution in [1.82, 2.24) is 4.72 Å². The molecule has 0 unspecified atom stereocenters. The van der Waals surface area contributed by atoms with E-state index in [1.54, 1.807) is 13.8 Å². The average molecular weight is 359 g/mol. The molecule has 1 aliphatic rings. The Morgan fingerprint density at radius 2 is 1.52 bits per heavy atom. The first-order chi connectivity index (χ1) is 11.9. The van der Waals surface area contributed by atoms with Crippen LogP contribution < -0.4 is 10.5 Å². The second-order valence-corrected chi connectivity index (χ2v) is 9.37. The van der Waals surface area contributed by atoms with Crippen molar-refractivity contribution in [3.05, 3.63) is 54.1 Å². The van der Waals surface area contributed by atoms with Crippen LogP contribution in [-0.4, -0.2) is 19.7 Å². The summed E-state index contributed by atoms with van der Waals surface area (Å²) in [7, 11) is -3.24. The SMILES string of the molecule is CC(C)S(=O)(=O)N[C@@H]1CCC[C@@H]1c1ccc(-c2ccc(N)cc2)cc1. The summed E-state index contributed by atoms with van der Waals surface area (Å²) in [4.78, 5) is 0. The first-order valence-electron chi connectivity index (χ1n) is 8.84. The van der Waals surface area contributed by atoms with E-state index < -0.39 is 15.3 Å². The second-order valence-electron chi connectivity index (χ2n) is 7.10. The maximum atomic E-state index is 12.2. The molecule has 1 saturated carbocycles. The lowest BCUT2D eigenvalue weighted by atomic mass is 9.93. The van der Waals surface area contributed by atoms with Gasteiger partial charge in [-0.3, -0.25) is 0 Å². The van der Waals surface area contributed by atoms with Crippen LogP contribution >= 0.6 is 0 Å². The number of hydrogen-bond acceptors (Lipinski definition) is 3. The lowest BCUT2D eigenvalue weighted by Crippen LogP contribution is -2.40. The molecule has 3 rings (SSSR count). The molecule has 0 amide bonds. The zero-order valence-electron chi connectivity index (χ0n) is 14.8. The normalized spacial score (nSPS) is 20.9. The number of benzene rings is 2. The zero-order chi connectivity index (χ0) is 18.0. The standard InChI is InChI=1S/C20H26N2O2S/c1-14(2)25(23,24)22-20-5-3-4-19(20)17-8-6-15(7-9-17)16-10-12-18(21)13-11-16/h6-14,19-20,22H,3-5,21H2,1-2H3/t19-,20-/m1/s1. The maximum Gasteiger partial charge on any atom is 0.214 e. The summed E-state index contributed by atoms with van der Waals surface area (Å²) in [6.45, 7) is 3.43. The predicted octanol–water partition coefficient (Wildman–Crippen LogP) is 3.90. The molecule has 0 saturated heterocycles. The van der Waals surface area contributed by atoms with Gasteiger partial charge in [-0.15, -0.1) is 0 Å². The van der Waals surface area contributed by atoms with Gasteiger partial charge in [0.05, 0.1) is 5.25 Å². The van der Waals surface area contributed by atoms with Gasteiger partial charge in [0.2, 0.25) is 10.0 Å². The molecule has 0 radical (unpaired) electrons. The largest absolute Gasteiger partial charge is 0.399 e. The van der Waals surface area contributed by atoms with Crippen molar-refractivity contribution >= 4 is 15.7 Å². The molecule has 3 N–H and O–H groups in total. The molecule has 1 fully saturated rings. The number of hydrogen-bond donors (Lipinski definition) is 2. The monoisotopic (exact) mass is 358 g/mol. The van der Waals surface area contributed by atoms with Gasteiger partial charge in [-0.1, -0.05) is 42.8 Å². The van der Waals surface area contributed by atoms with Crippen LogP contribution in [0.2, 0.25) is 0 Å². The molecule has 1 aliphatic carbocycles. The van der Waals surface area contributed by atoms with E-state index in [-0.39, 0.29) is 12.0 Å². The summed E-state index contributed by atoms with van der Waals surface area (Å²) in [5.74, 6) is 0.244. The minimum Gasteiger partial charge on any atom is -0.399 e. The molecule has 0 bridgehead atoms. The molecule has 2 aromatic carbocycles. The average Bonchev–Trinajstić information content (AvgIpc) is 3.03. The summed E-state index contributed by atoms with van der Waals surface area (Å²) < 4.78 is 27.3. The first-order valence-corrected chi connectivity index (χ1v) is 10.4. The Balaban J connectivity index is 1.78. The van der Waals surface area contributed by atoms with Crippen molar-refractivity contribution in [1.29, 1.82) is 0 Å². The van der Waals surface area contributed by atoms with Gasteiger partial charge >= 0.3 is 0 Å². The minimum absolute atomic E-state index is 0.00484. The summed E-state index contributed by atoms with van der Waals surface area (Å²) in [6.07, 6.45) is 2.97. The van der Waals surface area contributed by atoms with Crippen LogP contribution in [0.4, 0.5) is 5.69 Å². The van der Waals surface area contributed by atoms with Gasteiger partial charge in [0.25, 0.3) is 0 Å². The molecule has 134 valence electrons. The van der Waals surface area contributed by atoms with Crippen LogP contribution in [0.25, 0.3) is 11.1 Å². The molecule has 0 spiro atoms. The topological polar surface area (TPSA) is 72.2 Å². The number of sulfonamides is 1. The van der Waals surface area contributed by atoms with Crippen LogP contribution in [-0.2, 0) is 10.0 Å². The van der Waals surface area contributed by atoms with E-state index >= 15 is 0 Å². The Kier molecular flexibility index (Phi) is 5.16. The van der Waals surface area contributed by atoms with E-state index in [0.717, 1.165) is 36.1 Å². The summed E-state index contributed by atoms with van der Waals surface area (Å²) in [5.41, 5.74) is 9.97. The van der Waals surface area contributed by atoms with Crippen molar-refractivity contribution in [2.75, 3.05) is 5.73 Å². The Morgan fingerprint density at radius 1 is 0.960 bits per heavy atom. The van der Waals surface area contributed by atoms with E-state index in [1.165, 1.54) is 5.56 Å². The van der Waals surface area contributed by atoms with Gasteiger partial charge < -0.3 is 5.73 Å². The third-order valence-electron chi connectivity index (χ3n) is 5.04. The molecule has 0 aromatic heterocycles. The fraction of sp³-hybridized carbons (Fsp3) is 0.400. The highest BCUT2D eigenvalue weighted by molar-refractivity contribution is 7.90. The Labute approximate surface area is 150 Å². The highest BCUT2D eigenvalue weighted by atomic mass is 32.2. The number of nitrogens with one attached hydrogen (secondary N) is 1. The highest BCUT2D eigenvalue weighted by Crippen LogP contribution is 2.36. The third kappa shape index (κ3) is 4.05. The number of rotatable bonds is 5. The maximum absolute atomic E-state index is 12.2. The molecule has 25 heavy (non-hydrogen) atoms. The van der Waals surface area contributed by atoms with E-state index in [2.05, 4.69) is 29.0 Å². The van der Waals surface area contributed by atoms with Crippen molar-refractivity contribution in [2.24, 2.45) is 0 Å². The summed E-state index contributed by atoms with van der Waals surface area (Å²) in [6, 6.07) is 16.3. The Bertz CT molecular complexity index is 812.